The predicted molar refractivity (Wildman–Crippen MR) is 93.2 cm³/mol. The first-order valence-corrected chi connectivity index (χ1v) is 9.50. The van der Waals surface area contributed by atoms with E-state index in [1.165, 1.54) is 0 Å². The van der Waals surface area contributed by atoms with Gasteiger partial charge in [0, 0.05) is 39.5 Å². The van der Waals surface area contributed by atoms with E-state index in [4.69, 9.17) is 19.9 Å². The Labute approximate surface area is 175 Å². The highest BCUT2D eigenvalue weighted by atomic mass is 19.4. The summed E-state index contributed by atoms with van der Waals surface area (Å²) in [5, 5.41) is 0.693. The fourth-order valence-corrected chi connectivity index (χ4v) is 2.93. The summed E-state index contributed by atoms with van der Waals surface area (Å²) in [6, 6.07) is 0. The van der Waals surface area contributed by atoms with Crippen molar-refractivity contribution in [1.82, 2.24) is 9.96 Å². The van der Waals surface area contributed by atoms with Crippen LogP contribution in [0.15, 0.2) is 0 Å². The topological polar surface area (TPSA) is 138 Å². The van der Waals surface area contributed by atoms with Crippen LogP contribution in [0.25, 0.3) is 0 Å². The first-order valence-electron chi connectivity index (χ1n) is 9.50. The van der Waals surface area contributed by atoms with Gasteiger partial charge in [0.2, 0.25) is 5.91 Å². The molecule has 0 aromatic carbocycles. The molecule has 2 heterocycles. The molecule has 2 fully saturated rings. The lowest BCUT2D eigenvalue weighted by Crippen LogP contribution is -2.47. The summed E-state index contributed by atoms with van der Waals surface area (Å²) in [5.41, 5.74) is 5.66. The van der Waals surface area contributed by atoms with Crippen molar-refractivity contribution in [2.45, 2.75) is 38.3 Å². The first kappa shape index (κ1) is 24.8. The number of carbonyl (C=O) groups is 4. The zero-order chi connectivity index (χ0) is 23.2. The smallest absolute Gasteiger partial charge is 0.409 e. The predicted octanol–water partition coefficient (Wildman–Crippen LogP) is -0.313. The zero-order valence-electron chi connectivity index (χ0n) is 16.8. The molecule has 11 nitrogen and oxygen atoms in total. The van der Waals surface area contributed by atoms with Crippen molar-refractivity contribution in [3.8, 4) is 0 Å². The maximum atomic E-state index is 12.2. The second-order valence-corrected chi connectivity index (χ2v) is 7.15. The second-order valence-electron chi connectivity index (χ2n) is 7.15. The molecule has 0 saturated carbocycles. The quantitative estimate of drug-likeness (QED) is 0.402. The monoisotopic (exact) mass is 455 g/mol. The van der Waals surface area contributed by atoms with Crippen molar-refractivity contribution in [3.05, 3.63) is 0 Å². The van der Waals surface area contributed by atoms with E-state index in [9.17, 15) is 32.3 Å². The van der Waals surface area contributed by atoms with Gasteiger partial charge in [-0.1, -0.05) is 0 Å². The highest BCUT2D eigenvalue weighted by Crippen LogP contribution is 2.23. The summed E-state index contributed by atoms with van der Waals surface area (Å²) in [6.45, 7) is 2.34. The summed E-state index contributed by atoms with van der Waals surface area (Å²) in [6.07, 6.45) is -5.52. The van der Waals surface area contributed by atoms with Gasteiger partial charge in [-0.2, -0.15) is 13.2 Å². The van der Waals surface area contributed by atoms with Crippen LogP contribution in [0.1, 0.15) is 26.2 Å². The number of amides is 1. The Morgan fingerprint density at radius 3 is 2.32 bits per heavy atom. The summed E-state index contributed by atoms with van der Waals surface area (Å²) < 4.78 is 51.7. The Hall–Kier alpha value is -2.45. The lowest BCUT2D eigenvalue weighted by atomic mass is 10.1. The number of nitrogens with two attached hydrogens (primary N) is 1. The van der Waals surface area contributed by atoms with Crippen LogP contribution in [-0.4, -0.2) is 85.3 Å². The van der Waals surface area contributed by atoms with Gasteiger partial charge in [-0.05, 0) is 6.42 Å². The number of hydrogen-bond acceptors (Lipinski definition) is 10. The minimum absolute atomic E-state index is 0.0437. The Bertz CT molecular complexity index is 695. The molecule has 0 spiro atoms. The number of nitrogens with zero attached hydrogens (tertiary/aromatic N) is 2. The number of carbonyl (C=O) groups excluding carboxylic acids is 4. The van der Waals surface area contributed by atoms with Gasteiger partial charge in [-0.3, -0.25) is 20.1 Å². The number of esters is 2. The number of alkyl halides is 3. The van der Waals surface area contributed by atoms with Gasteiger partial charge in [-0.15, -0.1) is 5.06 Å². The van der Waals surface area contributed by atoms with Gasteiger partial charge >= 0.3 is 30.0 Å². The normalized spacial score (nSPS) is 21.8. The molecular formula is C17H24F3N3O8. The number of hydrogen-bond donors (Lipinski definition) is 1. The van der Waals surface area contributed by atoms with E-state index < -0.39 is 35.9 Å². The van der Waals surface area contributed by atoms with Gasteiger partial charge in [0.15, 0.2) is 0 Å². The molecule has 176 valence electrons. The lowest BCUT2D eigenvalue weighted by molar-refractivity contribution is -0.237. The van der Waals surface area contributed by atoms with Crippen LogP contribution in [0.2, 0.25) is 0 Å². The van der Waals surface area contributed by atoms with Crippen LogP contribution in [0, 0.1) is 5.92 Å². The molecule has 2 saturated heterocycles. The Balaban J connectivity index is 1.74. The van der Waals surface area contributed by atoms with E-state index in [1.807, 2.05) is 0 Å². The van der Waals surface area contributed by atoms with Crippen LogP contribution < -0.4 is 5.73 Å². The standard InChI is InChI=1S/C17H24F3N3O8/c1-16(21,29-13(25)3-2-12(24)22-6-8-28-9-7-22)30-14(26)11-4-5-23(10-11)31-15(27)17(18,19)20/h11H,2-10,21H2,1H3/t11-,16-/m0/s1. The maximum Gasteiger partial charge on any atom is 0.492 e. The molecule has 0 aromatic heterocycles. The molecular weight excluding hydrogens is 431 g/mol. The lowest BCUT2D eigenvalue weighted by Gasteiger charge is -2.27. The van der Waals surface area contributed by atoms with E-state index in [0.29, 0.717) is 31.4 Å². The number of hydroxylamine groups is 2. The van der Waals surface area contributed by atoms with Crippen LogP contribution in [0.3, 0.4) is 0 Å². The molecule has 2 atom stereocenters. The van der Waals surface area contributed by atoms with Gasteiger partial charge in [0.1, 0.15) is 0 Å². The van der Waals surface area contributed by atoms with Crippen molar-refractivity contribution in [3.63, 3.8) is 0 Å². The number of morpholine rings is 1. The van der Waals surface area contributed by atoms with Crippen LogP contribution in [0.4, 0.5) is 13.2 Å². The van der Waals surface area contributed by atoms with E-state index >= 15 is 0 Å². The van der Waals surface area contributed by atoms with Crippen molar-refractivity contribution >= 4 is 23.8 Å². The molecule has 2 rings (SSSR count). The summed E-state index contributed by atoms with van der Waals surface area (Å²) >= 11 is 0. The van der Waals surface area contributed by atoms with Crippen LogP contribution in [-0.2, 0) is 38.2 Å². The second kappa shape index (κ2) is 10.2. The molecule has 14 heteroatoms. The Kier molecular flexibility index (Phi) is 8.20. The average molecular weight is 455 g/mol. The van der Waals surface area contributed by atoms with E-state index in [2.05, 4.69) is 4.84 Å². The number of halogens is 3. The molecule has 0 radical (unpaired) electrons. The minimum Gasteiger partial charge on any atom is -0.409 e. The third-order valence-electron chi connectivity index (χ3n) is 4.45. The fraction of sp³-hybridized carbons (Fsp3) is 0.765. The molecule has 0 unspecified atom stereocenters. The minimum atomic E-state index is -5.16. The molecule has 0 bridgehead atoms. The summed E-state index contributed by atoms with van der Waals surface area (Å²) in [7, 11) is 0. The third kappa shape index (κ3) is 7.95. The van der Waals surface area contributed by atoms with Crippen molar-refractivity contribution < 1.29 is 51.4 Å². The summed E-state index contributed by atoms with van der Waals surface area (Å²) in [4.78, 5) is 52.7. The van der Waals surface area contributed by atoms with Gasteiger partial charge in [0.05, 0.1) is 25.6 Å². The Morgan fingerprint density at radius 1 is 1.06 bits per heavy atom. The van der Waals surface area contributed by atoms with Crippen LogP contribution in [0.5, 0.6) is 0 Å². The molecule has 31 heavy (non-hydrogen) atoms. The third-order valence-corrected chi connectivity index (χ3v) is 4.45. The average Bonchev–Trinajstić information content (AvgIpc) is 3.14. The Morgan fingerprint density at radius 2 is 1.71 bits per heavy atom. The van der Waals surface area contributed by atoms with E-state index in [-0.39, 0.29) is 38.3 Å². The molecule has 2 aliphatic rings. The molecule has 0 aromatic rings. The number of rotatable bonds is 7. The van der Waals surface area contributed by atoms with Crippen LogP contribution >= 0.6 is 0 Å². The first-order chi connectivity index (χ1) is 14.4. The highest BCUT2D eigenvalue weighted by molar-refractivity contribution is 5.81. The van der Waals surface area contributed by atoms with Crippen molar-refractivity contribution in [2.75, 3.05) is 39.4 Å². The van der Waals surface area contributed by atoms with Gasteiger partial charge in [0.25, 0.3) is 0 Å². The molecule has 0 aliphatic carbocycles. The van der Waals surface area contributed by atoms with Gasteiger partial charge in [-0.25, -0.2) is 4.79 Å². The van der Waals surface area contributed by atoms with Crippen molar-refractivity contribution in [1.29, 1.82) is 0 Å². The highest BCUT2D eigenvalue weighted by Gasteiger charge is 2.44. The fourth-order valence-electron chi connectivity index (χ4n) is 2.93. The summed E-state index contributed by atoms with van der Waals surface area (Å²) in [5.74, 6) is -7.54. The zero-order valence-corrected chi connectivity index (χ0v) is 16.8. The van der Waals surface area contributed by atoms with Gasteiger partial charge < -0.3 is 23.9 Å². The van der Waals surface area contributed by atoms with E-state index in [1.54, 1.807) is 4.90 Å². The largest absolute Gasteiger partial charge is 0.492 e. The molecule has 1 amide bonds. The molecule has 2 aliphatic heterocycles. The van der Waals surface area contributed by atoms with Crippen molar-refractivity contribution in [2.24, 2.45) is 11.7 Å². The molecule has 2 N–H and O–H groups in total. The maximum absolute atomic E-state index is 12.2. The SMILES string of the molecule is C[C@](N)(OC(=O)CCC(=O)N1CCOCC1)OC(=O)[C@H]1CCN(OC(=O)C(F)(F)F)C1. The number of ether oxygens (including phenoxy) is 3. The van der Waals surface area contributed by atoms with E-state index in [0.717, 1.165) is 6.92 Å².